The zero-order valence-corrected chi connectivity index (χ0v) is 12.9. The number of rotatable bonds is 8. The largest absolute Gasteiger partial charge is 0.464 e. The summed E-state index contributed by atoms with van der Waals surface area (Å²) >= 11 is 0. The SMILES string of the molecule is CCOC(=O)[C@H](CC(C)C)NC(=O)[C@@H](N)CC(N)=O.Cl. The normalized spacial score (nSPS) is 13.1. The van der Waals surface area contributed by atoms with Gasteiger partial charge in [0.05, 0.1) is 19.1 Å². The third-order valence-corrected chi connectivity index (χ3v) is 2.35. The molecule has 0 saturated carbocycles. The van der Waals surface area contributed by atoms with Crippen LogP contribution in [0, 0.1) is 5.92 Å². The van der Waals surface area contributed by atoms with Crippen molar-refractivity contribution < 1.29 is 19.1 Å². The number of nitrogens with two attached hydrogens (primary N) is 2. The van der Waals surface area contributed by atoms with Crippen LogP contribution in [0.3, 0.4) is 0 Å². The molecule has 0 spiro atoms. The van der Waals surface area contributed by atoms with E-state index in [1.54, 1.807) is 6.92 Å². The molecule has 0 heterocycles. The first-order chi connectivity index (χ1) is 8.77. The molecule has 0 saturated heterocycles. The van der Waals surface area contributed by atoms with Gasteiger partial charge in [-0.25, -0.2) is 4.79 Å². The minimum atomic E-state index is -1.05. The number of hydrogen-bond acceptors (Lipinski definition) is 5. The molecule has 0 radical (unpaired) electrons. The van der Waals surface area contributed by atoms with Crippen LogP contribution < -0.4 is 16.8 Å². The highest BCUT2D eigenvalue weighted by atomic mass is 35.5. The van der Waals surface area contributed by atoms with Gasteiger partial charge in [-0.1, -0.05) is 13.8 Å². The molecular weight excluding hydrogens is 286 g/mol. The maximum Gasteiger partial charge on any atom is 0.328 e. The zero-order chi connectivity index (χ0) is 15.0. The number of ether oxygens (including phenoxy) is 1. The van der Waals surface area contributed by atoms with E-state index in [4.69, 9.17) is 16.2 Å². The van der Waals surface area contributed by atoms with Crippen LogP contribution in [0.15, 0.2) is 0 Å². The molecule has 5 N–H and O–H groups in total. The van der Waals surface area contributed by atoms with Crippen LogP contribution >= 0.6 is 12.4 Å². The highest BCUT2D eigenvalue weighted by Crippen LogP contribution is 2.07. The van der Waals surface area contributed by atoms with Gasteiger partial charge in [-0.05, 0) is 19.3 Å². The van der Waals surface area contributed by atoms with Gasteiger partial charge < -0.3 is 21.5 Å². The van der Waals surface area contributed by atoms with Gasteiger partial charge in [0.25, 0.3) is 0 Å². The van der Waals surface area contributed by atoms with Crippen molar-refractivity contribution in [2.45, 2.75) is 45.7 Å². The Hall–Kier alpha value is -1.34. The molecule has 0 aromatic heterocycles. The van der Waals surface area contributed by atoms with Gasteiger partial charge in [0.15, 0.2) is 0 Å². The zero-order valence-electron chi connectivity index (χ0n) is 12.0. The Bertz CT molecular complexity index is 337. The standard InChI is InChI=1S/C12H23N3O4.ClH/c1-4-19-12(18)9(5-7(2)3)15-11(17)8(13)6-10(14)16;/h7-9H,4-6,13H2,1-3H3,(H2,14,16)(H,15,17);1H/t8-,9-;/m0./s1. The number of carbonyl (C=O) groups excluding carboxylic acids is 3. The van der Waals surface area contributed by atoms with E-state index >= 15 is 0 Å². The summed E-state index contributed by atoms with van der Waals surface area (Å²) in [5, 5.41) is 2.49. The van der Waals surface area contributed by atoms with Crippen LogP contribution in [0.25, 0.3) is 0 Å². The Morgan fingerprint density at radius 1 is 1.25 bits per heavy atom. The number of nitrogens with one attached hydrogen (secondary N) is 1. The lowest BCUT2D eigenvalue weighted by Gasteiger charge is -2.20. The predicted octanol–water partition coefficient (Wildman–Crippen LogP) is -0.295. The summed E-state index contributed by atoms with van der Waals surface area (Å²) in [4.78, 5) is 34.1. The van der Waals surface area contributed by atoms with Gasteiger partial charge in [0.1, 0.15) is 6.04 Å². The number of hydrogen-bond donors (Lipinski definition) is 3. The third kappa shape index (κ3) is 8.71. The summed E-state index contributed by atoms with van der Waals surface area (Å²) in [5.74, 6) is -1.56. The Morgan fingerprint density at radius 3 is 2.20 bits per heavy atom. The quantitative estimate of drug-likeness (QED) is 0.531. The van der Waals surface area contributed by atoms with E-state index in [9.17, 15) is 14.4 Å². The Balaban J connectivity index is 0. The van der Waals surface area contributed by atoms with Crippen molar-refractivity contribution >= 4 is 30.2 Å². The van der Waals surface area contributed by atoms with Crippen LogP contribution in [-0.4, -0.2) is 36.5 Å². The molecule has 0 unspecified atom stereocenters. The lowest BCUT2D eigenvalue weighted by atomic mass is 10.0. The molecule has 0 aromatic carbocycles. The maximum absolute atomic E-state index is 11.7. The predicted molar refractivity (Wildman–Crippen MR) is 77.1 cm³/mol. The molecule has 20 heavy (non-hydrogen) atoms. The van der Waals surface area contributed by atoms with Crippen molar-refractivity contribution in [2.75, 3.05) is 6.61 Å². The molecule has 0 aliphatic carbocycles. The Morgan fingerprint density at radius 2 is 1.80 bits per heavy atom. The lowest BCUT2D eigenvalue weighted by molar-refractivity contribution is -0.148. The van der Waals surface area contributed by atoms with E-state index in [1.165, 1.54) is 0 Å². The fraction of sp³-hybridized carbons (Fsp3) is 0.750. The number of carbonyl (C=O) groups is 3. The molecule has 118 valence electrons. The smallest absolute Gasteiger partial charge is 0.328 e. The monoisotopic (exact) mass is 309 g/mol. The summed E-state index contributed by atoms with van der Waals surface area (Å²) in [6.07, 6.45) is 0.178. The molecule has 0 fully saturated rings. The van der Waals surface area contributed by atoms with Gasteiger partial charge in [-0.3, -0.25) is 9.59 Å². The van der Waals surface area contributed by atoms with E-state index in [0.29, 0.717) is 6.42 Å². The first kappa shape index (κ1) is 21.0. The molecule has 7 nitrogen and oxygen atoms in total. The number of primary amides is 1. The molecule has 0 aliphatic rings. The highest BCUT2D eigenvalue weighted by Gasteiger charge is 2.26. The van der Waals surface area contributed by atoms with Crippen molar-refractivity contribution in [1.82, 2.24) is 5.32 Å². The average molecular weight is 310 g/mol. The van der Waals surface area contributed by atoms with Crippen molar-refractivity contribution in [3.05, 3.63) is 0 Å². The first-order valence-corrected chi connectivity index (χ1v) is 6.28. The second-order valence-corrected chi connectivity index (χ2v) is 4.72. The molecule has 0 aliphatic heterocycles. The summed E-state index contributed by atoms with van der Waals surface area (Å²) < 4.78 is 4.88. The van der Waals surface area contributed by atoms with Gasteiger partial charge >= 0.3 is 5.97 Å². The minimum absolute atomic E-state index is 0. The third-order valence-electron chi connectivity index (χ3n) is 2.35. The fourth-order valence-corrected chi connectivity index (χ4v) is 1.52. The van der Waals surface area contributed by atoms with Crippen LogP contribution in [0.5, 0.6) is 0 Å². The number of esters is 1. The molecule has 2 amide bonds. The molecule has 0 rings (SSSR count). The minimum Gasteiger partial charge on any atom is -0.464 e. The van der Waals surface area contributed by atoms with E-state index < -0.39 is 29.9 Å². The highest BCUT2D eigenvalue weighted by molar-refractivity contribution is 5.90. The van der Waals surface area contributed by atoms with E-state index in [-0.39, 0.29) is 31.4 Å². The van der Waals surface area contributed by atoms with E-state index in [1.807, 2.05) is 13.8 Å². The van der Waals surface area contributed by atoms with Gasteiger partial charge in [0.2, 0.25) is 11.8 Å². The van der Waals surface area contributed by atoms with Crippen LogP contribution in [-0.2, 0) is 19.1 Å². The average Bonchev–Trinajstić information content (AvgIpc) is 2.26. The summed E-state index contributed by atoms with van der Waals surface area (Å²) in [6.45, 7) is 5.76. The molecule has 8 heteroatoms. The summed E-state index contributed by atoms with van der Waals surface area (Å²) in [5.41, 5.74) is 10.5. The molecular formula is C12H24ClN3O4. The van der Waals surface area contributed by atoms with Gasteiger partial charge in [0, 0.05) is 0 Å². The molecule has 0 aromatic rings. The van der Waals surface area contributed by atoms with Crippen molar-refractivity contribution in [3.8, 4) is 0 Å². The van der Waals surface area contributed by atoms with Gasteiger partial charge in [-0.2, -0.15) is 0 Å². The van der Waals surface area contributed by atoms with Crippen LogP contribution in [0.1, 0.15) is 33.6 Å². The van der Waals surface area contributed by atoms with E-state index in [0.717, 1.165) is 0 Å². The summed E-state index contributed by atoms with van der Waals surface area (Å²) in [7, 11) is 0. The fourth-order valence-electron chi connectivity index (χ4n) is 1.52. The van der Waals surface area contributed by atoms with E-state index in [2.05, 4.69) is 5.32 Å². The molecule has 2 atom stereocenters. The second-order valence-electron chi connectivity index (χ2n) is 4.72. The van der Waals surface area contributed by atoms with Crippen molar-refractivity contribution in [3.63, 3.8) is 0 Å². The summed E-state index contributed by atoms with van der Waals surface area (Å²) in [6, 6.07) is -1.81. The Kier molecular flexibility index (Phi) is 11.0. The lowest BCUT2D eigenvalue weighted by Crippen LogP contribution is -2.50. The maximum atomic E-state index is 11.7. The van der Waals surface area contributed by atoms with Gasteiger partial charge in [-0.15, -0.1) is 12.4 Å². The Labute approximate surface area is 125 Å². The molecule has 0 bridgehead atoms. The van der Waals surface area contributed by atoms with Crippen molar-refractivity contribution in [2.24, 2.45) is 17.4 Å². The van der Waals surface area contributed by atoms with Crippen LogP contribution in [0.4, 0.5) is 0 Å². The van der Waals surface area contributed by atoms with Crippen molar-refractivity contribution in [1.29, 1.82) is 0 Å². The number of amides is 2. The number of halogens is 1. The van der Waals surface area contributed by atoms with Crippen LogP contribution in [0.2, 0.25) is 0 Å². The topological polar surface area (TPSA) is 125 Å². The first-order valence-electron chi connectivity index (χ1n) is 6.28. The second kappa shape index (κ2) is 10.4.